The monoisotopic (exact) mass is 212 g/mol. The maximum atomic E-state index is 4.34. The van der Waals surface area contributed by atoms with Crippen LogP contribution < -0.4 is 5.32 Å². The number of nitrogens with one attached hydrogen (secondary N) is 1. The largest absolute Gasteiger partial charge is 0.357 e. The van der Waals surface area contributed by atoms with Crippen LogP contribution in [0, 0.1) is 0 Å². The van der Waals surface area contributed by atoms with Crippen molar-refractivity contribution in [3.05, 3.63) is 73.3 Å². The van der Waals surface area contributed by atoms with Crippen molar-refractivity contribution in [2.75, 3.05) is 0 Å². The van der Waals surface area contributed by atoms with E-state index in [0.717, 1.165) is 22.7 Å². The first kappa shape index (κ1) is 12.0. The van der Waals surface area contributed by atoms with Gasteiger partial charge >= 0.3 is 0 Å². The Morgan fingerprint density at radius 3 is 2.50 bits per heavy atom. The van der Waals surface area contributed by atoms with Crippen molar-refractivity contribution >= 4 is 5.71 Å². The van der Waals surface area contributed by atoms with Crippen molar-refractivity contribution in [1.82, 2.24) is 5.32 Å². The summed E-state index contributed by atoms with van der Waals surface area (Å²) >= 11 is 0. The van der Waals surface area contributed by atoms with Gasteiger partial charge in [0.25, 0.3) is 0 Å². The van der Waals surface area contributed by atoms with Crippen LogP contribution in [0.3, 0.4) is 0 Å². The fourth-order valence-corrected chi connectivity index (χ4v) is 1.39. The predicted molar refractivity (Wildman–Crippen MR) is 71.1 cm³/mol. The van der Waals surface area contributed by atoms with Crippen molar-refractivity contribution in [2.24, 2.45) is 4.99 Å². The van der Waals surface area contributed by atoms with E-state index in [4.69, 9.17) is 0 Å². The molecule has 0 aromatic heterocycles. The Morgan fingerprint density at radius 1 is 1.19 bits per heavy atom. The van der Waals surface area contributed by atoms with Crippen LogP contribution in [0.25, 0.3) is 0 Å². The standard InChI is InChI=1S/C14H16N2/c1-5-7-9-13-11(3)16-12(4)14(13)15-10-8-6-2/h5-10,16H,1-2,4H2,3H3/b9-7-,10-8-,15-14?. The molecule has 0 fully saturated rings. The summed E-state index contributed by atoms with van der Waals surface area (Å²) in [5.74, 6) is 0. The summed E-state index contributed by atoms with van der Waals surface area (Å²) in [6.45, 7) is 13.2. The van der Waals surface area contributed by atoms with E-state index >= 15 is 0 Å². The maximum absolute atomic E-state index is 4.34. The van der Waals surface area contributed by atoms with Crippen molar-refractivity contribution in [3.63, 3.8) is 0 Å². The van der Waals surface area contributed by atoms with Crippen LogP contribution in [0.5, 0.6) is 0 Å². The average molecular weight is 212 g/mol. The van der Waals surface area contributed by atoms with Crippen LogP contribution in [0.4, 0.5) is 0 Å². The third-order valence-electron chi connectivity index (χ3n) is 2.11. The molecule has 0 amide bonds. The number of rotatable bonds is 4. The normalized spacial score (nSPS) is 18.8. The van der Waals surface area contributed by atoms with E-state index < -0.39 is 0 Å². The van der Waals surface area contributed by atoms with E-state index in [0.29, 0.717) is 0 Å². The van der Waals surface area contributed by atoms with Gasteiger partial charge in [0.05, 0.1) is 11.4 Å². The van der Waals surface area contributed by atoms with Gasteiger partial charge in [-0.1, -0.05) is 44.0 Å². The van der Waals surface area contributed by atoms with Gasteiger partial charge in [0.15, 0.2) is 0 Å². The molecule has 1 aliphatic rings. The van der Waals surface area contributed by atoms with Gasteiger partial charge < -0.3 is 5.32 Å². The fourth-order valence-electron chi connectivity index (χ4n) is 1.39. The second-order valence-corrected chi connectivity index (χ2v) is 3.29. The number of aliphatic imine (C=N–C) groups is 1. The molecule has 82 valence electrons. The number of hydrogen-bond donors (Lipinski definition) is 1. The first-order valence-electron chi connectivity index (χ1n) is 5.02. The minimum absolute atomic E-state index is 0.815. The molecule has 0 atom stereocenters. The lowest BCUT2D eigenvalue weighted by atomic mass is 10.1. The average Bonchev–Trinajstić information content (AvgIpc) is 2.52. The van der Waals surface area contributed by atoms with Gasteiger partial charge in [0.2, 0.25) is 0 Å². The zero-order valence-electron chi connectivity index (χ0n) is 9.53. The minimum Gasteiger partial charge on any atom is -0.357 e. The lowest BCUT2D eigenvalue weighted by Gasteiger charge is -1.97. The van der Waals surface area contributed by atoms with E-state index in [1.165, 1.54) is 0 Å². The highest BCUT2D eigenvalue weighted by Gasteiger charge is 2.18. The van der Waals surface area contributed by atoms with Gasteiger partial charge in [0.1, 0.15) is 0 Å². The Balaban J connectivity index is 3.05. The van der Waals surface area contributed by atoms with Gasteiger partial charge in [-0.3, -0.25) is 4.99 Å². The molecule has 0 saturated carbocycles. The third kappa shape index (κ3) is 2.70. The summed E-state index contributed by atoms with van der Waals surface area (Å²) < 4.78 is 0. The molecule has 2 heteroatoms. The van der Waals surface area contributed by atoms with E-state index in [-0.39, 0.29) is 0 Å². The van der Waals surface area contributed by atoms with Gasteiger partial charge in [-0.15, -0.1) is 0 Å². The molecule has 2 nitrogen and oxygen atoms in total. The Bertz CT molecular complexity index is 432. The molecule has 0 aromatic rings. The molecule has 0 bridgehead atoms. The number of allylic oxidation sites excluding steroid dienone is 7. The van der Waals surface area contributed by atoms with Crippen LogP contribution in [0.1, 0.15) is 6.92 Å². The van der Waals surface area contributed by atoms with E-state index in [2.05, 4.69) is 30.0 Å². The summed E-state index contributed by atoms with van der Waals surface area (Å²) in [5.41, 5.74) is 3.76. The zero-order chi connectivity index (χ0) is 12.0. The summed E-state index contributed by atoms with van der Waals surface area (Å²) in [5, 5.41) is 3.16. The first-order valence-corrected chi connectivity index (χ1v) is 5.02. The van der Waals surface area contributed by atoms with Crippen LogP contribution in [-0.2, 0) is 0 Å². The zero-order valence-corrected chi connectivity index (χ0v) is 9.53. The highest BCUT2D eigenvalue weighted by atomic mass is 15.0. The predicted octanol–water partition coefficient (Wildman–Crippen LogP) is 3.26. The van der Waals surface area contributed by atoms with E-state index in [1.54, 1.807) is 24.4 Å². The molecule has 16 heavy (non-hydrogen) atoms. The van der Waals surface area contributed by atoms with Gasteiger partial charge in [-0.05, 0) is 13.0 Å². The SMILES string of the molecule is C=C/C=C\N=C1C(=C)NC(C)=C1/C=C\C=C. The molecule has 1 N–H and O–H groups in total. The van der Waals surface area contributed by atoms with E-state index in [1.807, 2.05) is 19.1 Å². The molecule has 1 heterocycles. The fraction of sp³-hybridized carbons (Fsp3) is 0.0714. The Morgan fingerprint density at radius 2 is 1.88 bits per heavy atom. The molecule has 1 rings (SSSR count). The highest BCUT2D eigenvalue weighted by Crippen LogP contribution is 2.19. The minimum atomic E-state index is 0.815. The molecule has 0 saturated heterocycles. The Hall–Kier alpha value is -2.09. The maximum Gasteiger partial charge on any atom is 0.0947 e. The molecular formula is C14H16N2. The lowest BCUT2D eigenvalue weighted by molar-refractivity contribution is 1.05. The molecule has 0 radical (unpaired) electrons. The smallest absolute Gasteiger partial charge is 0.0947 e. The van der Waals surface area contributed by atoms with Crippen molar-refractivity contribution < 1.29 is 0 Å². The van der Waals surface area contributed by atoms with Gasteiger partial charge in [-0.2, -0.15) is 0 Å². The number of hydrogen-bond acceptors (Lipinski definition) is 2. The Kier molecular flexibility index (Phi) is 4.28. The summed E-state index contributed by atoms with van der Waals surface area (Å²) in [6.07, 6.45) is 10.8. The van der Waals surface area contributed by atoms with Crippen LogP contribution in [0.15, 0.2) is 78.3 Å². The lowest BCUT2D eigenvalue weighted by Crippen LogP contribution is -2.06. The molecule has 0 spiro atoms. The molecule has 0 aromatic carbocycles. The molecular weight excluding hydrogens is 196 g/mol. The van der Waals surface area contributed by atoms with E-state index in [9.17, 15) is 0 Å². The van der Waals surface area contributed by atoms with Crippen LogP contribution >= 0.6 is 0 Å². The highest BCUT2D eigenvalue weighted by molar-refractivity contribution is 6.16. The summed E-state index contributed by atoms with van der Waals surface area (Å²) in [7, 11) is 0. The van der Waals surface area contributed by atoms with Crippen molar-refractivity contribution in [3.8, 4) is 0 Å². The third-order valence-corrected chi connectivity index (χ3v) is 2.11. The topological polar surface area (TPSA) is 24.4 Å². The molecule has 0 unspecified atom stereocenters. The summed E-state index contributed by atoms with van der Waals surface area (Å²) in [6, 6.07) is 0. The van der Waals surface area contributed by atoms with Gasteiger partial charge in [0, 0.05) is 17.5 Å². The second-order valence-electron chi connectivity index (χ2n) is 3.29. The van der Waals surface area contributed by atoms with Crippen LogP contribution in [0.2, 0.25) is 0 Å². The Labute approximate surface area is 96.8 Å². The number of nitrogens with zero attached hydrogens (tertiary/aromatic N) is 1. The van der Waals surface area contributed by atoms with Crippen LogP contribution in [-0.4, -0.2) is 5.71 Å². The first-order chi connectivity index (χ1) is 7.70. The molecule has 0 aliphatic carbocycles. The second kappa shape index (κ2) is 5.71. The molecule has 1 aliphatic heterocycles. The van der Waals surface area contributed by atoms with Crippen molar-refractivity contribution in [1.29, 1.82) is 0 Å². The van der Waals surface area contributed by atoms with Crippen molar-refractivity contribution in [2.45, 2.75) is 6.92 Å². The summed E-state index contributed by atoms with van der Waals surface area (Å²) in [4.78, 5) is 4.34. The van der Waals surface area contributed by atoms with Gasteiger partial charge in [-0.25, -0.2) is 0 Å². The quantitative estimate of drug-likeness (QED) is 0.711.